The molecular weight excluding hydrogens is 294 g/mol. The molecule has 0 amide bonds. The summed E-state index contributed by atoms with van der Waals surface area (Å²) in [7, 11) is 0. The third-order valence-electron chi connectivity index (χ3n) is 3.50. The number of benzene rings is 1. The summed E-state index contributed by atoms with van der Waals surface area (Å²) in [5, 5.41) is 8.16. The summed E-state index contributed by atoms with van der Waals surface area (Å²) >= 11 is 7.54. The minimum atomic E-state index is 0.344. The van der Waals surface area contributed by atoms with Crippen molar-refractivity contribution in [3.05, 3.63) is 41.0 Å². The average molecular weight is 310 g/mol. The lowest BCUT2D eigenvalue weighted by Gasteiger charge is -2.07. The van der Waals surface area contributed by atoms with Gasteiger partial charge in [-0.3, -0.25) is 0 Å². The van der Waals surface area contributed by atoms with Crippen LogP contribution in [0.1, 0.15) is 24.6 Å². The third kappa shape index (κ3) is 3.16. The normalized spacial score (nSPS) is 22.3. The predicted molar refractivity (Wildman–Crippen MR) is 80.1 cm³/mol. The van der Waals surface area contributed by atoms with E-state index in [0.717, 1.165) is 34.7 Å². The molecule has 2 aromatic rings. The Bertz CT molecular complexity index is 572. The van der Waals surface area contributed by atoms with Crippen molar-refractivity contribution < 1.29 is 4.52 Å². The van der Waals surface area contributed by atoms with Gasteiger partial charge in [-0.15, -0.1) is 11.8 Å². The second-order valence-electron chi connectivity index (χ2n) is 5.03. The van der Waals surface area contributed by atoms with Crippen LogP contribution in [0.5, 0.6) is 0 Å². The summed E-state index contributed by atoms with van der Waals surface area (Å²) in [6, 6.07) is 7.77. The summed E-state index contributed by atoms with van der Waals surface area (Å²) in [6.07, 6.45) is 0. The fourth-order valence-electron chi connectivity index (χ4n) is 2.30. The van der Waals surface area contributed by atoms with E-state index in [1.165, 1.54) is 0 Å². The van der Waals surface area contributed by atoms with E-state index in [9.17, 15) is 0 Å². The number of hydrogen-bond donors (Lipinski definition) is 1. The Morgan fingerprint density at radius 2 is 2.15 bits per heavy atom. The molecule has 1 aliphatic heterocycles. The van der Waals surface area contributed by atoms with E-state index >= 15 is 0 Å². The van der Waals surface area contributed by atoms with Crippen molar-refractivity contribution in [2.24, 2.45) is 5.92 Å². The van der Waals surface area contributed by atoms with Crippen molar-refractivity contribution in [2.75, 3.05) is 13.1 Å². The number of aromatic nitrogens is 2. The summed E-state index contributed by atoms with van der Waals surface area (Å²) in [5.41, 5.74) is 0. The van der Waals surface area contributed by atoms with Crippen LogP contribution in [0.2, 0.25) is 5.02 Å². The SMILES string of the molecule is C[C@@H]1CNC[C@H]1c1nc(CSc2ccc(Cl)cc2)no1. The van der Waals surface area contributed by atoms with Gasteiger partial charge in [-0.05, 0) is 36.7 Å². The van der Waals surface area contributed by atoms with Gasteiger partial charge in [0.1, 0.15) is 0 Å². The van der Waals surface area contributed by atoms with Crippen molar-refractivity contribution in [1.29, 1.82) is 0 Å². The van der Waals surface area contributed by atoms with Crippen LogP contribution in [-0.4, -0.2) is 23.2 Å². The average Bonchev–Trinajstić information content (AvgIpc) is 3.06. The molecule has 1 N–H and O–H groups in total. The number of rotatable bonds is 4. The summed E-state index contributed by atoms with van der Waals surface area (Å²) in [4.78, 5) is 5.66. The summed E-state index contributed by atoms with van der Waals surface area (Å²) in [6.45, 7) is 4.14. The Labute approximate surface area is 127 Å². The molecule has 6 heteroatoms. The van der Waals surface area contributed by atoms with E-state index in [2.05, 4.69) is 22.4 Å². The minimum absolute atomic E-state index is 0.344. The highest BCUT2D eigenvalue weighted by atomic mass is 35.5. The molecule has 2 atom stereocenters. The first-order valence-corrected chi connectivity index (χ1v) is 8.00. The van der Waals surface area contributed by atoms with Crippen molar-refractivity contribution in [3.8, 4) is 0 Å². The largest absolute Gasteiger partial charge is 0.339 e. The van der Waals surface area contributed by atoms with E-state index in [-0.39, 0.29) is 0 Å². The summed E-state index contributed by atoms with van der Waals surface area (Å²) in [5.74, 6) is 3.11. The van der Waals surface area contributed by atoms with Crippen LogP contribution in [0.15, 0.2) is 33.7 Å². The lowest BCUT2D eigenvalue weighted by atomic mass is 9.98. The first-order valence-electron chi connectivity index (χ1n) is 6.64. The molecule has 0 unspecified atom stereocenters. The van der Waals surface area contributed by atoms with Gasteiger partial charge < -0.3 is 9.84 Å². The summed E-state index contributed by atoms with van der Waals surface area (Å²) < 4.78 is 5.39. The van der Waals surface area contributed by atoms with E-state index in [1.54, 1.807) is 11.8 Å². The Kier molecular flexibility index (Phi) is 4.29. The molecule has 0 radical (unpaired) electrons. The number of halogens is 1. The maximum absolute atomic E-state index is 5.86. The smallest absolute Gasteiger partial charge is 0.231 e. The molecule has 2 heterocycles. The molecule has 20 heavy (non-hydrogen) atoms. The zero-order chi connectivity index (χ0) is 13.9. The van der Waals surface area contributed by atoms with Crippen LogP contribution in [0, 0.1) is 5.92 Å². The molecule has 0 saturated carbocycles. The molecule has 1 saturated heterocycles. The zero-order valence-electron chi connectivity index (χ0n) is 11.2. The van der Waals surface area contributed by atoms with Gasteiger partial charge in [-0.1, -0.05) is 23.7 Å². The molecule has 0 aliphatic carbocycles. The van der Waals surface area contributed by atoms with Crippen molar-refractivity contribution >= 4 is 23.4 Å². The molecule has 3 rings (SSSR count). The monoisotopic (exact) mass is 309 g/mol. The van der Waals surface area contributed by atoms with Crippen LogP contribution >= 0.6 is 23.4 Å². The number of thioether (sulfide) groups is 1. The molecule has 1 aromatic carbocycles. The highest BCUT2D eigenvalue weighted by molar-refractivity contribution is 7.98. The van der Waals surface area contributed by atoms with Crippen molar-refractivity contribution in [2.45, 2.75) is 23.5 Å². The van der Waals surface area contributed by atoms with Crippen LogP contribution in [-0.2, 0) is 5.75 Å². The third-order valence-corrected chi connectivity index (χ3v) is 4.76. The van der Waals surface area contributed by atoms with Crippen LogP contribution < -0.4 is 5.32 Å². The van der Waals surface area contributed by atoms with E-state index in [0.29, 0.717) is 17.6 Å². The van der Waals surface area contributed by atoms with Gasteiger partial charge in [-0.2, -0.15) is 4.98 Å². The Balaban J connectivity index is 1.61. The lowest BCUT2D eigenvalue weighted by molar-refractivity contribution is 0.337. The number of nitrogens with one attached hydrogen (secondary N) is 1. The van der Waals surface area contributed by atoms with Crippen LogP contribution in [0.4, 0.5) is 0 Å². The standard InChI is InChI=1S/C14H16ClN3OS/c1-9-6-16-7-12(9)14-17-13(18-19-14)8-20-11-4-2-10(15)3-5-11/h2-5,9,12,16H,6-8H2,1H3/t9-,12-/m1/s1. The Hall–Kier alpha value is -1.04. The van der Waals surface area contributed by atoms with E-state index in [4.69, 9.17) is 16.1 Å². The minimum Gasteiger partial charge on any atom is -0.339 e. The Morgan fingerprint density at radius 1 is 1.35 bits per heavy atom. The fourth-order valence-corrected chi connectivity index (χ4v) is 3.16. The molecule has 1 aromatic heterocycles. The predicted octanol–water partition coefficient (Wildman–Crippen LogP) is 3.34. The molecule has 0 spiro atoms. The van der Waals surface area contributed by atoms with Gasteiger partial charge in [0.05, 0.1) is 11.7 Å². The quantitative estimate of drug-likeness (QED) is 0.878. The zero-order valence-corrected chi connectivity index (χ0v) is 12.7. The van der Waals surface area contributed by atoms with E-state index < -0.39 is 0 Å². The molecular formula is C14H16ClN3OS. The molecule has 1 fully saturated rings. The van der Waals surface area contributed by atoms with Crippen molar-refractivity contribution in [3.63, 3.8) is 0 Å². The Morgan fingerprint density at radius 3 is 2.85 bits per heavy atom. The van der Waals surface area contributed by atoms with Crippen LogP contribution in [0.25, 0.3) is 0 Å². The van der Waals surface area contributed by atoms with E-state index in [1.807, 2.05) is 24.3 Å². The van der Waals surface area contributed by atoms with Gasteiger partial charge in [0, 0.05) is 16.5 Å². The molecule has 1 aliphatic rings. The second-order valence-corrected chi connectivity index (χ2v) is 6.52. The first kappa shape index (κ1) is 13.9. The van der Waals surface area contributed by atoms with Crippen molar-refractivity contribution in [1.82, 2.24) is 15.5 Å². The fraction of sp³-hybridized carbons (Fsp3) is 0.429. The lowest BCUT2D eigenvalue weighted by Crippen LogP contribution is -2.08. The first-order chi connectivity index (χ1) is 9.72. The highest BCUT2D eigenvalue weighted by Gasteiger charge is 2.29. The molecule has 0 bridgehead atoms. The second kappa shape index (κ2) is 6.16. The number of hydrogen-bond acceptors (Lipinski definition) is 5. The topological polar surface area (TPSA) is 51.0 Å². The molecule has 4 nitrogen and oxygen atoms in total. The maximum Gasteiger partial charge on any atom is 0.231 e. The van der Waals surface area contributed by atoms with Gasteiger partial charge in [0.2, 0.25) is 5.89 Å². The molecule has 106 valence electrons. The van der Waals surface area contributed by atoms with Gasteiger partial charge in [0.15, 0.2) is 5.82 Å². The number of nitrogens with zero attached hydrogens (tertiary/aromatic N) is 2. The van der Waals surface area contributed by atoms with Gasteiger partial charge in [-0.25, -0.2) is 0 Å². The highest BCUT2D eigenvalue weighted by Crippen LogP contribution is 2.28. The van der Waals surface area contributed by atoms with Crippen LogP contribution in [0.3, 0.4) is 0 Å². The van der Waals surface area contributed by atoms with Gasteiger partial charge >= 0.3 is 0 Å². The van der Waals surface area contributed by atoms with Gasteiger partial charge in [0.25, 0.3) is 0 Å². The maximum atomic E-state index is 5.86.